The summed E-state index contributed by atoms with van der Waals surface area (Å²) in [5.41, 5.74) is 11.1. The number of likely N-dealkylation sites (N-methyl/N-ethyl adjacent to an activating group) is 1. The molecule has 0 saturated carbocycles. The van der Waals surface area contributed by atoms with Crippen molar-refractivity contribution in [2.45, 2.75) is 31.2 Å². The van der Waals surface area contributed by atoms with E-state index in [9.17, 15) is 13.2 Å². The number of benzene rings is 3. The molecule has 1 aliphatic heterocycles. The lowest BCUT2D eigenvalue weighted by Gasteiger charge is -2.40. The van der Waals surface area contributed by atoms with Gasteiger partial charge in [-0.2, -0.15) is 0 Å². The van der Waals surface area contributed by atoms with E-state index < -0.39 is 10.0 Å². The van der Waals surface area contributed by atoms with E-state index >= 15 is 0 Å². The maximum atomic E-state index is 12.9. The first-order valence-electron chi connectivity index (χ1n) is 14.1. The molecule has 0 fully saturated rings. The van der Waals surface area contributed by atoms with Gasteiger partial charge in [-0.15, -0.1) is 0 Å². The number of primary sulfonamides is 1. The monoisotopic (exact) mass is 605 g/mol. The number of phenols is 2. The van der Waals surface area contributed by atoms with Crippen LogP contribution in [0.1, 0.15) is 25.0 Å². The number of amides is 1. The van der Waals surface area contributed by atoms with Crippen molar-refractivity contribution in [3.8, 4) is 11.5 Å². The first-order chi connectivity index (χ1) is 20.4. The van der Waals surface area contributed by atoms with E-state index in [1.165, 1.54) is 70.1 Å². The first-order valence-corrected chi connectivity index (χ1v) is 15.6. The molecule has 228 valence electrons. The Bertz CT molecular complexity index is 1690. The number of carbonyl (C=O) groups is 1. The van der Waals surface area contributed by atoms with Gasteiger partial charge in [-0.1, -0.05) is 24.3 Å². The summed E-state index contributed by atoms with van der Waals surface area (Å²) < 4.78 is 21.4. The summed E-state index contributed by atoms with van der Waals surface area (Å²) in [4.78, 5) is 20.6. The van der Waals surface area contributed by atoms with Gasteiger partial charge >= 0.3 is 0 Å². The van der Waals surface area contributed by atoms with E-state index in [4.69, 9.17) is 21.1 Å². The summed E-state index contributed by atoms with van der Waals surface area (Å²) in [6.07, 6.45) is 5.41. The van der Waals surface area contributed by atoms with Crippen molar-refractivity contribution >= 4 is 38.1 Å². The van der Waals surface area contributed by atoms with Crippen molar-refractivity contribution in [1.29, 1.82) is 0 Å². The number of nitrogens with two attached hydrogens (primary N) is 2. The molecule has 43 heavy (non-hydrogen) atoms. The Labute approximate surface area is 252 Å². The summed E-state index contributed by atoms with van der Waals surface area (Å²) in [6.45, 7) is 6.47. The molecule has 0 radical (unpaired) electrons. The van der Waals surface area contributed by atoms with Crippen LogP contribution in [0, 0.1) is 5.92 Å². The highest BCUT2D eigenvalue weighted by Gasteiger charge is 2.36. The number of nitrogen functional groups attached to an aromatic ring is 1. The molecular formula is C32H39N5O5S. The number of hydrogen-bond donors (Lipinski definition) is 5. The number of aromatic amines is 1. The molecule has 2 heterocycles. The minimum Gasteiger partial charge on any atom is -0.508 e. The van der Waals surface area contributed by atoms with Crippen molar-refractivity contribution in [2.75, 3.05) is 32.4 Å². The Balaban J connectivity index is 0.000000183. The molecule has 0 unspecified atom stereocenters. The number of phenolic OH excluding ortho intramolecular Hbond substituents is 2. The Morgan fingerprint density at radius 2 is 1.65 bits per heavy atom. The fourth-order valence-electron chi connectivity index (χ4n) is 5.53. The molecule has 0 bridgehead atoms. The summed E-state index contributed by atoms with van der Waals surface area (Å²) in [7, 11) is -1.42. The summed E-state index contributed by atoms with van der Waals surface area (Å²) in [5.74, 6) is 0.386. The van der Waals surface area contributed by atoms with Gasteiger partial charge in [0.15, 0.2) is 0 Å². The fourth-order valence-corrected chi connectivity index (χ4v) is 6.04. The molecule has 2 aliphatic rings. The number of rotatable bonds is 4. The zero-order valence-electron chi connectivity index (χ0n) is 24.6. The standard InChI is InChI=1S/C20H25N3O.C6H8N2O2S.C6H6O2/c1-4-23(5-2)20(24)14-9-16-15-7-6-8-17-19(15)13(11-21-17)10-18(16)22(3)12-14;7-5-1-3-6(4-2-5)11(8,9)10;7-5-2-1-3-6(8)4-5/h6-9,11,14,18,21H,4-5,10,12H2,1-3H3;1-4H,7H2,(H2,8,9,10);1-4,7-8H/t14-,18-;;/m1../s1. The van der Waals surface area contributed by atoms with Gasteiger partial charge in [0.2, 0.25) is 15.9 Å². The van der Waals surface area contributed by atoms with Crippen LogP contribution in [0.5, 0.6) is 11.5 Å². The van der Waals surface area contributed by atoms with E-state index in [1.807, 2.05) is 4.90 Å². The molecule has 0 spiro atoms. The molecule has 10 nitrogen and oxygen atoms in total. The van der Waals surface area contributed by atoms with Crippen LogP contribution >= 0.6 is 0 Å². The van der Waals surface area contributed by atoms with E-state index in [0.717, 1.165) is 26.1 Å². The molecule has 6 rings (SSSR count). The minimum atomic E-state index is -3.58. The molecule has 4 aromatic rings. The maximum absolute atomic E-state index is 12.9. The van der Waals surface area contributed by atoms with E-state index in [1.54, 1.807) is 6.07 Å². The van der Waals surface area contributed by atoms with Gasteiger partial charge in [0, 0.05) is 54.5 Å². The molecule has 11 heteroatoms. The number of aromatic hydroxyl groups is 2. The third-order valence-electron chi connectivity index (χ3n) is 7.70. The third kappa shape index (κ3) is 7.37. The highest BCUT2D eigenvalue weighted by molar-refractivity contribution is 7.89. The SMILES string of the molecule is CCN(CC)C(=O)[C@@H]1C=C2c3cccc4[nH]cc(c34)C[C@H]2N(C)C1.Nc1ccc(S(N)(=O)=O)cc1.Oc1cccc(O)c1. The normalized spacial score (nSPS) is 17.4. The van der Waals surface area contributed by atoms with E-state index in [0.29, 0.717) is 11.7 Å². The quantitative estimate of drug-likeness (QED) is 0.220. The number of fused-ring (bicyclic) bond motifs is 2. The van der Waals surface area contributed by atoms with Crippen molar-refractivity contribution in [1.82, 2.24) is 14.8 Å². The zero-order chi connectivity index (χ0) is 31.3. The van der Waals surface area contributed by atoms with Crippen molar-refractivity contribution in [3.63, 3.8) is 0 Å². The Morgan fingerprint density at radius 1 is 1.02 bits per heavy atom. The number of H-pyrrole nitrogens is 1. The Kier molecular flexibility index (Phi) is 9.80. The second kappa shape index (κ2) is 13.3. The van der Waals surface area contributed by atoms with Gasteiger partial charge in [-0.05, 0) is 86.5 Å². The second-order valence-corrected chi connectivity index (χ2v) is 12.1. The largest absolute Gasteiger partial charge is 0.508 e. The molecule has 1 aromatic heterocycles. The molecule has 3 aromatic carbocycles. The summed E-state index contributed by atoms with van der Waals surface area (Å²) in [6, 6.07) is 18.4. The van der Waals surface area contributed by atoms with Crippen LogP contribution < -0.4 is 10.9 Å². The van der Waals surface area contributed by atoms with Crippen LogP contribution in [0.25, 0.3) is 16.5 Å². The molecular weight excluding hydrogens is 566 g/mol. The summed E-state index contributed by atoms with van der Waals surface area (Å²) in [5, 5.41) is 23.5. The Morgan fingerprint density at radius 3 is 2.21 bits per heavy atom. The lowest BCUT2D eigenvalue weighted by molar-refractivity contribution is -0.134. The van der Waals surface area contributed by atoms with Gasteiger partial charge < -0.3 is 25.8 Å². The maximum Gasteiger partial charge on any atom is 0.238 e. The third-order valence-corrected chi connectivity index (χ3v) is 8.63. The molecule has 7 N–H and O–H groups in total. The van der Waals surface area contributed by atoms with Crippen LogP contribution in [0.3, 0.4) is 0 Å². The Hall–Kier alpha value is -4.32. The molecule has 1 aliphatic carbocycles. The molecule has 2 atom stereocenters. The highest BCUT2D eigenvalue weighted by Crippen LogP contribution is 2.41. The predicted molar refractivity (Wildman–Crippen MR) is 170 cm³/mol. The lowest BCUT2D eigenvalue weighted by Crippen LogP contribution is -2.47. The number of aromatic nitrogens is 1. The second-order valence-electron chi connectivity index (χ2n) is 10.6. The summed E-state index contributed by atoms with van der Waals surface area (Å²) >= 11 is 0. The molecule has 0 saturated heterocycles. The van der Waals surface area contributed by atoms with E-state index in [2.05, 4.69) is 61.3 Å². The average Bonchev–Trinajstić information content (AvgIpc) is 3.38. The minimum absolute atomic E-state index is 0.0445. The van der Waals surface area contributed by atoms with Crippen LogP contribution in [0.4, 0.5) is 5.69 Å². The van der Waals surface area contributed by atoms with Crippen LogP contribution in [0.15, 0.2) is 83.9 Å². The number of anilines is 1. The number of nitrogens with zero attached hydrogens (tertiary/aromatic N) is 2. The van der Waals surface area contributed by atoms with Gasteiger partial charge in [0.25, 0.3) is 0 Å². The zero-order valence-corrected chi connectivity index (χ0v) is 25.4. The van der Waals surface area contributed by atoms with Gasteiger partial charge in [-0.3, -0.25) is 9.69 Å². The van der Waals surface area contributed by atoms with Crippen LogP contribution in [-0.2, 0) is 21.2 Å². The van der Waals surface area contributed by atoms with Crippen molar-refractivity contribution in [2.24, 2.45) is 11.1 Å². The first kappa shape index (κ1) is 31.6. The smallest absolute Gasteiger partial charge is 0.238 e. The number of hydrogen-bond acceptors (Lipinski definition) is 7. The predicted octanol–water partition coefficient (Wildman–Crippen LogP) is 3.92. The lowest BCUT2D eigenvalue weighted by atomic mass is 9.79. The fraction of sp³-hybridized carbons (Fsp3) is 0.281. The van der Waals surface area contributed by atoms with Crippen molar-refractivity contribution in [3.05, 3.63) is 90.1 Å². The topological polar surface area (TPSA) is 166 Å². The van der Waals surface area contributed by atoms with Gasteiger partial charge in [0.05, 0.1) is 10.8 Å². The van der Waals surface area contributed by atoms with Crippen LogP contribution in [0.2, 0.25) is 0 Å². The highest BCUT2D eigenvalue weighted by atomic mass is 32.2. The van der Waals surface area contributed by atoms with Crippen molar-refractivity contribution < 1.29 is 23.4 Å². The number of nitrogens with one attached hydrogen (secondary N) is 1. The van der Waals surface area contributed by atoms with E-state index in [-0.39, 0.29) is 28.2 Å². The molecule has 1 amide bonds. The van der Waals surface area contributed by atoms with Crippen LogP contribution in [-0.4, -0.2) is 72.0 Å². The van der Waals surface area contributed by atoms with Gasteiger partial charge in [-0.25, -0.2) is 13.6 Å². The van der Waals surface area contributed by atoms with Gasteiger partial charge in [0.1, 0.15) is 11.5 Å². The average molecular weight is 606 g/mol. The number of sulfonamides is 1. The number of carbonyl (C=O) groups excluding carboxylic acids is 1.